The highest BCUT2D eigenvalue weighted by Gasteiger charge is 2.20. The Kier molecular flexibility index (Phi) is 4.77. The number of pyridine rings is 1. The van der Waals surface area contributed by atoms with E-state index in [4.69, 9.17) is 5.11 Å². The van der Waals surface area contributed by atoms with E-state index < -0.39 is 6.10 Å². The van der Waals surface area contributed by atoms with Crippen LogP contribution in [0.15, 0.2) is 35.3 Å². The van der Waals surface area contributed by atoms with Crippen molar-refractivity contribution < 1.29 is 10.2 Å². The average Bonchev–Trinajstić information content (AvgIpc) is 2.95. The molecule has 0 saturated heterocycles. The van der Waals surface area contributed by atoms with Crippen LogP contribution in [0.25, 0.3) is 5.65 Å². The third-order valence-electron chi connectivity index (χ3n) is 4.95. The summed E-state index contributed by atoms with van der Waals surface area (Å²) in [5.74, 6) is 0. The summed E-state index contributed by atoms with van der Waals surface area (Å²) < 4.78 is 3.46. The van der Waals surface area contributed by atoms with E-state index in [2.05, 4.69) is 15.0 Å². The van der Waals surface area contributed by atoms with Crippen LogP contribution in [0.5, 0.6) is 0 Å². The molecule has 0 spiro atoms. The van der Waals surface area contributed by atoms with Crippen LogP contribution < -0.4 is 5.56 Å². The van der Waals surface area contributed by atoms with E-state index in [1.165, 1.54) is 0 Å². The molecule has 1 unspecified atom stereocenters. The summed E-state index contributed by atoms with van der Waals surface area (Å²) in [6.07, 6.45) is 1.69. The molecule has 8 nitrogen and oxygen atoms in total. The first-order valence-corrected chi connectivity index (χ1v) is 9.11. The van der Waals surface area contributed by atoms with Gasteiger partial charge in [-0.3, -0.25) is 18.8 Å². The lowest BCUT2D eigenvalue weighted by Crippen LogP contribution is -2.25. The Balaban J connectivity index is 1.59. The Morgan fingerprint density at radius 3 is 2.96 bits per heavy atom. The molecule has 1 aliphatic heterocycles. The van der Waals surface area contributed by atoms with Gasteiger partial charge in [0.25, 0.3) is 5.56 Å². The van der Waals surface area contributed by atoms with E-state index in [1.807, 2.05) is 29.8 Å². The Hall–Kier alpha value is -2.55. The molecule has 1 atom stereocenters. The number of hydrogen-bond acceptors (Lipinski definition) is 6. The Morgan fingerprint density at radius 2 is 2.15 bits per heavy atom. The summed E-state index contributed by atoms with van der Waals surface area (Å²) in [7, 11) is 0. The van der Waals surface area contributed by atoms with E-state index >= 15 is 0 Å². The summed E-state index contributed by atoms with van der Waals surface area (Å²) in [6.45, 7) is 4.46. The largest absolute Gasteiger partial charge is 0.393 e. The van der Waals surface area contributed by atoms with Crippen molar-refractivity contribution in [1.29, 1.82) is 0 Å². The van der Waals surface area contributed by atoms with Gasteiger partial charge in [0.05, 0.1) is 23.7 Å². The highest BCUT2D eigenvalue weighted by atomic mass is 16.3. The molecule has 0 radical (unpaired) electrons. The van der Waals surface area contributed by atoms with Crippen molar-refractivity contribution in [2.75, 3.05) is 13.2 Å². The zero-order valence-electron chi connectivity index (χ0n) is 15.2. The van der Waals surface area contributed by atoms with Crippen molar-refractivity contribution in [1.82, 2.24) is 24.1 Å². The monoisotopic (exact) mass is 369 g/mol. The van der Waals surface area contributed by atoms with Gasteiger partial charge < -0.3 is 10.2 Å². The first-order chi connectivity index (χ1) is 13.0. The van der Waals surface area contributed by atoms with Gasteiger partial charge in [0.1, 0.15) is 11.8 Å². The predicted molar refractivity (Wildman–Crippen MR) is 99.2 cm³/mol. The van der Waals surface area contributed by atoms with Crippen LogP contribution >= 0.6 is 0 Å². The fourth-order valence-corrected chi connectivity index (χ4v) is 3.56. The van der Waals surface area contributed by atoms with Crippen molar-refractivity contribution in [3.05, 3.63) is 63.5 Å². The molecule has 4 heterocycles. The molecule has 0 bridgehead atoms. The van der Waals surface area contributed by atoms with Crippen molar-refractivity contribution >= 4 is 5.65 Å². The molecule has 0 amide bonds. The molecule has 8 heteroatoms. The van der Waals surface area contributed by atoms with Crippen LogP contribution in [0.4, 0.5) is 0 Å². The highest BCUT2D eigenvalue weighted by molar-refractivity contribution is 5.46. The molecular formula is C19H23N5O3. The fraction of sp³-hybridized carbons (Fsp3) is 0.421. The number of aliphatic hydroxyl groups is 2. The van der Waals surface area contributed by atoms with Gasteiger partial charge in [-0.05, 0) is 31.0 Å². The number of hydrogen-bond donors (Lipinski definition) is 2. The van der Waals surface area contributed by atoms with Crippen molar-refractivity contribution in [3.8, 4) is 0 Å². The lowest BCUT2D eigenvalue weighted by Gasteiger charge is -2.19. The maximum absolute atomic E-state index is 12.4. The van der Waals surface area contributed by atoms with Gasteiger partial charge in [-0.15, -0.1) is 0 Å². The van der Waals surface area contributed by atoms with Gasteiger partial charge in [-0.25, -0.2) is 4.98 Å². The minimum Gasteiger partial charge on any atom is -0.393 e. The molecule has 27 heavy (non-hydrogen) atoms. The minimum atomic E-state index is -0.956. The number of fused-ring (bicyclic) bond motifs is 2. The van der Waals surface area contributed by atoms with Gasteiger partial charge >= 0.3 is 0 Å². The maximum atomic E-state index is 12.4. The summed E-state index contributed by atoms with van der Waals surface area (Å²) in [5.41, 5.74) is 3.81. The highest BCUT2D eigenvalue weighted by Crippen LogP contribution is 2.19. The van der Waals surface area contributed by atoms with Crippen LogP contribution in [0, 0.1) is 6.92 Å². The maximum Gasteiger partial charge on any atom is 0.258 e. The number of nitrogens with zero attached hydrogens (tertiary/aromatic N) is 5. The Bertz CT molecular complexity index is 1030. The molecular weight excluding hydrogens is 346 g/mol. The van der Waals surface area contributed by atoms with Crippen molar-refractivity contribution in [3.63, 3.8) is 0 Å². The minimum absolute atomic E-state index is 0.0769. The van der Waals surface area contributed by atoms with E-state index in [9.17, 15) is 9.90 Å². The molecule has 0 saturated carbocycles. The van der Waals surface area contributed by atoms with Crippen LogP contribution in [0.1, 0.15) is 35.2 Å². The SMILES string of the molecule is Cc1cccn2c(=O)cc(CN3CCCn4nc(C(O)CO)cc4C3)nc12. The topological polar surface area (TPSA) is 95.9 Å². The van der Waals surface area contributed by atoms with Crippen LogP contribution in [-0.4, -0.2) is 47.4 Å². The van der Waals surface area contributed by atoms with Crippen LogP contribution in [0.3, 0.4) is 0 Å². The van der Waals surface area contributed by atoms with Gasteiger partial charge in [-0.2, -0.15) is 5.10 Å². The van der Waals surface area contributed by atoms with Gasteiger partial charge in [0.2, 0.25) is 0 Å². The molecule has 3 aromatic rings. The van der Waals surface area contributed by atoms with Crippen molar-refractivity contribution in [2.45, 2.75) is 39.1 Å². The van der Waals surface area contributed by atoms with E-state index in [0.29, 0.717) is 24.4 Å². The molecule has 1 aliphatic rings. The zero-order valence-corrected chi connectivity index (χ0v) is 15.2. The first kappa shape index (κ1) is 17.8. The number of rotatable bonds is 4. The summed E-state index contributed by atoms with van der Waals surface area (Å²) in [6, 6.07) is 7.23. The standard InChI is InChI=1S/C19H23N5O3/c1-13-4-2-6-23-18(27)8-14(20-19(13)23)10-22-5-3-7-24-15(11-22)9-16(21-24)17(26)12-25/h2,4,6,8-9,17,25-26H,3,5,7,10-12H2,1H3. The fourth-order valence-electron chi connectivity index (χ4n) is 3.56. The third-order valence-corrected chi connectivity index (χ3v) is 4.95. The Morgan fingerprint density at radius 1 is 1.30 bits per heavy atom. The van der Waals surface area contributed by atoms with E-state index in [0.717, 1.165) is 36.5 Å². The van der Waals surface area contributed by atoms with Crippen LogP contribution in [0.2, 0.25) is 0 Å². The second-order valence-corrected chi connectivity index (χ2v) is 7.02. The van der Waals surface area contributed by atoms with E-state index in [-0.39, 0.29) is 12.2 Å². The van der Waals surface area contributed by atoms with Gasteiger partial charge in [0.15, 0.2) is 0 Å². The molecule has 4 rings (SSSR count). The van der Waals surface area contributed by atoms with Gasteiger partial charge in [0, 0.05) is 38.4 Å². The number of aliphatic hydroxyl groups excluding tert-OH is 2. The molecule has 142 valence electrons. The van der Waals surface area contributed by atoms with Crippen molar-refractivity contribution in [2.24, 2.45) is 0 Å². The lowest BCUT2D eigenvalue weighted by molar-refractivity contribution is 0.0916. The summed E-state index contributed by atoms with van der Waals surface area (Å²) in [5, 5.41) is 23.4. The van der Waals surface area contributed by atoms with E-state index in [1.54, 1.807) is 16.7 Å². The number of aryl methyl sites for hydroxylation is 2. The summed E-state index contributed by atoms with van der Waals surface area (Å²) in [4.78, 5) is 19.3. The number of aromatic nitrogens is 4. The second kappa shape index (κ2) is 7.22. The predicted octanol–water partition coefficient (Wildman–Crippen LogP) is 0.631. The average molecular weight is 369 g/mol. The molecule has 0 fully saturated rings. The zero-order chi connectivity index (χ0) is 19.0. The van der Waals surface area contributed by atoms with Crippen LogP contribution in [-0.2, 0) is 19.6 Å². The molecule has 2 N–H and O–H groups in total. The first-order valence-electron chi connectivity index (χ1n) is 9.11. The smallest absolute Gasteiger partial charge is 0.258 e. The van der Waals surface area contributed by atoms with Gasteiger partial charge in [-0.1, -0.05) is 6.07 Å². The molecule has 0 aromatic carbocycles. The molecule has 0 aliphatic carbocycles. The third kappa shape index (κ3) is 3.51. The second-order valence-electron chi connectivity index (χ2n) is 7.02. The lowest BCUT2D eigenvalue weighted by atomic mass is 10.2. The molecule has 3 aromatic heterocycles. The summed E-state index contributed by atoms with van der Waals surface area (Å²) >= 11 is 0. The Labute approximate surface area is 156 Å². The normalized spacial score (nSPS) is 16.3. The quantitative estimate of drug-likeness (QED) is 0.700.